The van der Waals surface area contributed by atoms with Gasteiger partial charge in [0.2, 0.25) is 0 Å². The Kier molecular flexibility index (Phi) is 1.84. The van der Waals surface area contributed by atoms with Crippen molar-refractivity contribution < 1.29 is 9.47 Å². The van der Waals surface area contributed by atoms with E-state index in [1.807, 2.05) is 6.07 Å². The second-order valence-corrected chi connectivity index (χ2v) is 4.82. The topological polar surface area (TPSA) is 21.8 Å². The molecule has 0 aromatic heterocycles. The minimum absolute atomic E-state index is 0.0687. The Hall–Kier alpha value is -1.02. The first-order valence-corrected chi connectivity index (χ1v) is 5.55. The van der Waals surface area contributed by atoms with Gasteiger partial charge >= 0.3 is 0 Å². The summed E-state index contributed by atoms with van der Waals surface area (Å²) in [7, 11) is 1.72. The molecule has 2 nitrogen and oxygen atoms in total. The summed E-state index contributed by atoms with van der Waals surface area (Å²) in [5.41, 5.74) is 2.87. The summed E-state index contributed by atoms with van der Waals surface area (Å²) in [6.45, 7) is 3.20. The minimum Gasteiger partial charge on any atom is -0.497 e. The van der Waals surface area contributed by atoms with E-state index in [0.717, 1.165) is 18.8 Å². The number of epoxide rings is 1. The molecule has 1 spiro atoms. The van der Waals surface area contributed by atoms with Gasteiger partial charge in [-0.3, -0.25) is 0 Å². The average Bonchev–Trinajstić information content (AvgIpc) is 2.97. The predicted molar refractivity (Wildman–Crippen MR) is 58.1 cm³/mol. The molecule has 1 aromatic carbocycles. The predicted octanol–water partition coefficient (Wildman–Crippen LogP) is 2.50. The van der Waals surface area contributed by atoms with Crippen LogP contribution in [0.2, 0.25) is 0 Å². The van der Waals surface area contributed by atoms with Gasteiger partial charge < -0.3 is 9.47 Å². The van der Waals surface area contributed by atoms with E-state index in [-0.39, 0.29) is 5.60 Å². The van der Waals surface area contributed by atoms with Crippen molar-refractivity contribution in [3.63, 3.8) is 0 Å². The van der Waals surface area contributed by atoms with Gasteiger partial charge in [-0.2, -0.15) is 0 Å². The highest BCUT2D eigenvalue weighted by Gasteiger charge is 2.50. The summed E-state index contributed by atoms with van der Waals surface area (Å²) in [5, 5.41) is 0. The van der Waals surface area contributed by atoms with Crippen molar-refractivity contribution in [2.45, 2.75) is 25.4 Å². The highest BCUT2D eigenvalue weighted by Crippen LogP contribution is 2.50. The van der Waals surface area contributed by atoms with E-state index in [0.29, 0.717) is 5.92 Å². The van der Waals surface area contributed by atoms with E-state index < -0.39 is 0 Å². The average molecular weight is 204 g/mol. The first kappa shape index (κ1) is 9.22. The maximum Gasteiger partial charge on any atom is 0.119 e. The Bertz CT molecular complexity index is 394. The van der Waals surface area contributed by atoms with E-state index >= 15 is 0 Å². The molecule has 2 atom stereocenters. The molecule has 2 aliphatic rings. The maximum absolute atomic E-state index is 5.67. The van der Waals surface area contributed by atoms with Gasteiger partial charge in [0.05, 0.1) is 13.7 Å². The largest absolute Gasteiger partial charge is 0.497 e. The summed E-state index contributed by atoms with van der Waals surface area (Å²) in [5.74, 6) is 1.67. The van der Waals surface area contributed by atoms with Gasteiger partial charge in [0.25, 0.3) is 0 Å². The normalized spacial score (nSPS) is 32.5. The number of ether oxygens (including phenoxy) is 2. The molecule has 0 N–H and O–H groups in total. The van der Waals surface area contributed by atoms with E-state index in [4.69, 9.17) is 9.47 Å². The zero-order valence-electron chi connectivity index (χ0n) is 9.25. The summed E-state index contributed by atoms with van der Waals surface area (Å²) >= 11 is 0. The van der Waals surface area contributed by atoms with E-state index in [1.165, 1.54) is 17.5 Å². The Labute approximate surface area is 90.2 Å². The first-order chi connectivity index (χ1) is 7.23. The second-order valence-electron chi connectivity index (χ2n) is 4.82. The summed E-state index contributed by atoms with van der Waals surface area (Å²) in [4.78, 5) is 0. The van der Waals surface area contributed by atoms with Gasteiger partial charge in [0.1, 0.15) is 11.4 Å². The number of rotatable bonds is 1. The third kappa shape index (κ3) is 1.36. The SMILES string of the molecule is COc1ccc2c(c1)CC(C)CC21CO1. The second kappa shape index (κ2) is 2.99. The fourth-order valence-corrected chi connectivity index (χ4v) is 2.79. The summed E-state index contributed by atoms with van der Waals surface area (Å²) < 4.78 is 10.9. The lowest BCUT2D eigenvalue weighted by Crippen LogP contribution is -2.23. The fraction of sp³-hybridized carbons (Fsp3) is 0.538. The molecule has 1 saturated heterocycles. The van der Waals surface area contributed by atoms with Crippen LogP contribution in [-0.4, -0.2) is 13.7 Å². The van der Waals surface area contributed by atoms with Crippen LogP contribution in [0.5, 0.6) is 5.75 Å². The highest BCUT2D eigenvalue weighted by atomic mass is 16.6. The third-order valence-corrected chi connectivity index (χ3v) is 3.54. The molecule has 0 radical (unpaired) electrons. The summed E-state index contributed by atoms with van der Waals surface area (Å²) in [6, 6.07) is 6.37. The molecule has 1 fully saturated rings. The standard InChI is InChI=1S/C13H16O2/c1-9-5-10-6-11(14-2)3-4-12(10)13(7-9)8-15-13/h3-4,6,9H,5,7-8H2,1-2H3. The van der Waals surface area contributed by atoms with Crippen molar-refractivity contribution in [1.82, 2.24) is 0 Å². The van der Waals surface area contributed by atoms with Crippen molar-refractivity contribution in [2.75, 3.05) is 13.7 Å². The van der Waals surface area contributed by atoms with Gasteiger partial charge in [0.15, 0.2) is 0 Å². The lowest BCUT2D eigenvalue weighted by atomic mass is 9.77. The van der Waals surface area contributed by atoms with Crippen LogP contribution in [0.1, 0.15) is 24.5 Å². The van der Waals surface area contributed by atoms with E-state index in [2.05, 4.69) is 19.1 Å². The van der Waals surface area contributed by atoms with Crippen LogP contribution >= 0.6 is 0 Å². The third-order valence-electron chi connectivity index (χ3n) is 3.54. The molecule has 3 rings (SSSR count). The Morgan fingerprint density at radius 2 is 2.27 bits per heavy atom. The zero-order chi connectivity index (χ0) is 10.5. The van der Waals surface area contributed by atoms with Gasteiger partial charge in [-0.05, 0) is 42.0 Å². The molecular formula is C13H16O2. The first-order valence-electron chi connectivity index (χ1n) is 5.55. The number of fused-ring (bicyclic) bond motifs is 2. The maximum atomic E-state index is 5.67. The van der Waals surface area contributed by atoms with Crippen LogP contribution in [-0.2, 0) is 16.8 Å². The molecule has 1 aliphatic heterocycles. The lowest BCUT2D eigenvalue weighted by molar-refractivity contribution is 0.244. The number of hydrogen-bond acceptors (Lipinski definition) is 2. The number of methoxy groups -OCH3 is 1. The molecule has 1 aromatic rings. The smallest absolute Gasteiger partial charge is 0.119 e. The molecule has 0 amide bonds. The van der Waals surface area contributed by atoms with Crippen molar-refractivity contribution in [2.24, 2.45) is 5.92 Å². The molecular weight excluding hydrogens is 188 g/mol. The number of benzene rings is 1. The fourth-order valence-electron chi connectivity index (χ4n) is 2.79. The molecule has 80 valence electrons. The lowest BCUT2D eigenvalue weighted by Gasteiger charge is -2.27. The van der Waals surface area contributed by atoms with Crippen molar-refractivity contribution in [3.8, 4) is 5.75 Å². The van der Waals surface area contributed by atoms with Gasteiger partial charge in [0, 0.05) is 0 Å². The molecule has 15 heavy (non-hydrogen) atoms. The van der Waals surface area contributed by atoms with E-state index in [9.17, 15) is 0 Å². The highest BCUT2D eigenvalue weighted by molar-refractivity contribution is 5.43. The minimum atomic E-state index is 0.0687. The van der Waals surface area contributed by atoms with Crippen LogP contribution in [0.15, 0.2) is 18.2 Å². The molecule has 0 bridgehead atoms. The van der Waals surface area contributed by atoms with Crippen LogP contribution in [0, 0.1) is 5.92 Å². The van der Waals surface area contributed by atoms with Crippen LogP contribution in [0.4, 0.5) is 0 Å². The molecule has 1 heterocycles. The van der Waals surface area contributed by atoms with Crippen LogP contribution in [0.3, 0.4) is 0 Å². The monoisotopic (exact) mass is 204 g/mol. The Morgan fingerprint density at radius 1 is 1.47 bits per heavy atom. The van der Waals surface area contributed by atoms with Gasteiger partial charge in [-0.15, -0.1) is 0 Å². The number of hydrogen-bond donors (Lipinski definition) is 0. The summed E-state index contributed by atoms with van der Waals surface area (Å²) in [6.07, 6.45) is 2.32. The molecule has 0 saturated carbocycles. The molecule has 2 heteroatoms. The quantitative estimate of drug-likeness (QED) is 0.656. The van der Waals surface area contributed by atoms with Crippen LogP contribution in [0.25, 0.3) is 0 Å². The van der Waals surface area contributed by atoms with E-state index in [1.54, 1.807) is 7.11 Å². The van der Waals surface area contributed by atoms with Crippen molar-refractivity contribution in [3.05, 3.63) is 29.3 Å². The zero-order valence-corrected chi connectivity index (χ0v) is 9.25. The van der Waals surface area contributed by atoms with Gasteiger partial charge in [-0.1, -0.05) is 13.0 Å². The van der Waals surface area contributed by atoms with Gasteiger partial charge in [-0.25, -0.2) is 0 Å². The molecule has 2 unspecified atom stereocenters. The molecule has 1 aliphatic carbocycles. The van der Waals surface area contributed by atoms with Crippen molar-refractivity contribution in [1.29, 1.82) is 0 Å². The van der Waals surface area contributed by atoms with Crippen LogP contribution < -0.4 is 4.74 Å². The Morgan fingerprint density at radius 3 is 2.93 bits per heavy atom. The Balaban J connectivity index is 2.07. The van der Waals surface area contributed by atoms with Crippen molar-refractivity contribution >= 4 is 0 Å².